The lowest BCUT2D eigenvalue weighted by Crippen LogP contribution is -2.01. The fourth-order valence-electron chi connectivity index (χ4n) is 3.18. The molecular formula is C23H16N2O. The molecule has 124 valence electrons. The van der Waals surface area contributed by atoms with Gasteiger partial charge in [0.05, 0.1) is 11.6 Å². The Morgan fingerprint density at radius 2 is 1.58 bits per heavy atom. The van der Waals surface area contributed by atoms with Gasteiger partial charge in [0.15, 0.2) is 5.78 Å². The number of aromatic nitrogens is 1. The molecule has 0 fully saturated rings. The van der Waals surface area contributed by atoms with Crippen molar-refractivity contribution in [2.24, 2.45) is 0 Å². The normalized spacial score (nSPS) is 10.6. The molecule has 0 saturated heterocycles. The summed E-state index contributed by atoms with van der Waals surface area (Å²) >= 11 is 0. The highest BCUT2D eigenvalue weighted by molar-refractivity contribution is 6.16. The van der Waals surface area contributed by atoms with Crippen molar-refractivity contribution >= 4 is 16.7 Å². The van der Waals surface area contributed by atoms with Gasteiger partial charge in [-0.3, -0.25) is 4.79 Å². The Balaban J connectivity index is 1.76. The zero-order valence-corrected chi connectivity index (χ0v) is 14.1. The molecule has 1 aromatic heterocycles. The maximum absolute atomic E-state index is 13.0. The first kappa shape index (κ1) is 15.9. The van der Waals surface area contributed by atoms with Gasteiger partial charge in [-0.2, -0.15) is 5.26 Å². The number of hydrogen-bond acceptors (Lipinski definition) is 2. The molecule has 0 unspecified atom stereocenters. The molecule has 0 aliphatic rings. The van der Waals surface area contributed by atoms with Crippen molar-refractivity contribution in [3.8, 4) is 6.07 Å². The summed E-state index contributed by atoms with van der Waals surface area (Å²) in [7, 11) is 0. The van der Waals surface area contributed by atoms with Crippen molar-refractivity contribution in [1.82, 2.24) is 4.57 Å². The minimum Gasteiger partial charge on any atom is -0.342 e. The zero-order chi connectivity index (χ0) is 17.9. The van der Waals surface area contributed by atoms with Gasteiger partial charge in [0, 0.05) is 34.8 Å². The number of para-hydroxylation sites is 1. The molecule has 1 heterocycles. The predicted molar refractivity (Wildman–Crippen MR) is 102 cm³/mol. The monoisotopic (exact) mass is 336 g/mol. The lowest BCUT2D eigenvalue weighted by atomic mass is 10.0. The first-order valence-electron chi connectivity index (χ1n) is 8.43. The van der Waals surface area contributed by atoms with Crippen molar-refractivity contribution in [3.63, 3.8) is 0 Å². The zero-order valence-electron chi connectivity index (χ0n) is 14.1. The predicted octanol–water partition coefficient (Wildman–Crippen LogP) is 4.79. The fraction of sp³-hybridized carbons (Fsp3) is 0.0435. The standard InChI is InChI=1S/C23H16N2O/c24-14-17-10-12-18(13-11-17)15-25-16-21(20-8-4-5-9-22(20)25)23(26)19-6-2-1-3-7-19/h1-13,16H,15H2. The Hall–Kier alpha value is -3.64. The number of nitriles is 1. The van der Waals surface area contributed by atoms with Gasteiger partial charge in [0.2, 0.25) is 0 Å². The number of rotatable bonds is 4. The van der Waals surface area contributed by atoms with Crippen molar-refractivity contribution in [2.75, 3.05) is 0 Å². The molecule has 3 aromatic carbocycles. The van der Waals surface area contributed by atoms with Crippen LogP contribution in [0.15, 0.2) is 85.1 Å². The molecule has 0 aliphatic heterocycles. The highest BCUT2D eigenvalue weighted by atomic mass is 16.1. The summed E-state index contributed by atoms with van der Waals surface area (Å²) in [5.41, 5.74) is 4.15. The molecular weight excluding hydrogens is 320 g/mol. The Labute approximate surface area is 151 Å². The van der Waals surface area contributed by atoms with Gasteiger partial charge in [0.1, 0.15) is 0 Å². The molecule has 4 aromatic rings. The second-order valence-corrected chi connectivity index (χ2v) is 6.19. The van der Waals surface area contributed by atoms with E-state index in [0.717, 1.165) is 16.5 Å². The summed E-state index contributed by atoms with van der Waals surface area (Å²) < 4.78 is 2.09. The number of benzene rings is 3. The lowest BCUT2D eigenvalue weighted by Gasteiger charge is -2.05. The molecule has 3 nitrogen and oxygen atoms in total. The third kappa shape index (κ3) is 2.89. The maximum atomic E-state index is 13.0. The molecule has 0 saturated carbocycles. The minimum atomic E-state index is 0.0281. The maximum Gasteiger partial charge on any atom is 0.195 e. The Morgan fingerprint density at radius 3 is 2.31 bits per heavy atom. The quantitative estimate of drug-likeness (QED) is 0.503. The number of hydrogen-bond donors (Lipinski definition) is 0. The van der Waals surface area contributed by atoms with Gasteiger partial charge in [-0.15, -0.1) is 0 Å². The van der Waals surface area contributed by atoms with E-state index in [4.69, 9.17) is 5.26 Å². The molecule has 0 spiro atoms. The van der Waals surface area contributed by atoms with E-state index in [0.29, 0.717) is 23.2 Å². The van der Waals surface area contributed by atoms with Crippen molar-refractivity contribution in [3.05, 3.63) is 107 Å². The molecule has 0 aliphatic carbocycles. The average molecular weight is 336 g/mol. The van der Waals surface area contributed by atoms with Crippen LogP contribution in [-0.4, -0.2) is 10.4 Å². The van der Waals surface area contributed by atoms with E-state index in [1.54, 1.807) is 0 Å². The van der Waals surface area contributed by atoms with Crippen LogP contribution in [0, 0.1) is 11.3 Å². The van der Waals surface area contributed by atoms with Gasteiger partial charge in [-0.1, -0.05) is 60.7 Å². The molecule has 0 radical (unpaired) electrons. The van der Waals surface area contributed by atoms with E-state index in [1.807, 2.05) is 85.1 Å². The Bertz CT molecular complexity index is 1120. The summed E-state index contributed by atoms with van der Waals surface area (Å²) in [4.78, 5) is 13.0. The number of fused-ring (bicyclic) bond motifs is 1. The number of carbonyl (C=O) groups is 1. The van der Waals surface area contributed by atoms with Crippen LogP contribution < -0.4 is 0 Å². The van der Waals surface area contributed by atoms with E-state index in [1.165, 1.54) is 0 Å². The van der Waals surface area contributed by atoms with Crippen LogP contribution in [-0.2, 0) is 6.54 Å². The van der Waals surface area contributed by atoms with Crippen molar-refractivity contribution in [1.29, 1.82) is 5.26 Å². The lowest BCUT2D eigenvalue weighted by molar-refractivity contribution is 0.104. The van der Waals surface area contributed by atoms with Crippen LogP contribution in [0.3, 0.4) is 0 Å². The van der Waals surface area contributed by atoms with Crippen LogP contribution in [0.4, 0.5) is 0 Å². The Kier molecular flexibility index (Phi) is 4.09. The Morgan fingerprint density at radius 1 is 0.885 bits per heavy atom. The molecule has 0 bridgehead atoms. The summed E-state index contributed by atoms with van der Waals surface area (Å²) in [5, 5.41) is 9.89. The molecule has 4 rings (SSSR count). The molecule has 0 atom stereocenters. The first-order chi connectivity index (χ1) is 12.8. The largest absolute Gasteiger partial charge is 0.342 e. The smallest absolute Gasteiger partial charge is 0.195 e. The second-order valence-electron chi connectivity index (χ2n) is 6.19. The van der Waals surface area contributed by atoms with Crippen LogP contribution in [0.5, 0.6) is 0 Å². The van der Waals surface area contributed by atoms with Crippen molar-refractivity contribution in [2.45, 2.75) is 6.54 Å². The first-order valence-corrected chi connectivity index (χ1v) is 8.43. The van der Waals surface area contributed by atoms with Gasteiger partial charge in [-0.25, -0.2) is 0 Å². The molecule has 3 heteroatoms. The van der Waals surface area contributed by atoms with Gasteiger partial charge in [0.25, 0.3) is 0 Å². The minimum absolute atomic E-state index is 0.0281. The number of carbonyl (C=O) groups excluding carboxylic acids is 1. The third-order valence-electron chi connectivity index (χ3n) is 4.51. The highest BCUT2D eigenvalue weighted by Gasteiger charge is 2.16. The van der Waals surface area contributed by atoms with E-state index in [-0.39, 0.29) is 5.78 Å². The van der Waals surface area contributed by atoms with E-state index >= 15 is 0 Å². The summed E-state index contributed by atoms with van der Waals surface area (Å²) in [6.45, 7) is 0.647. The molecule has 0 amide bonds. The third-order valence-corrected chi connectivity index (χ3v) is 4.51. The average Bonchev–Trinajstić information content (AvgIpc) is 3.07. The molecule has 26 heavy (non-hydrogen) atoms. The number of ketones is 1. The topological polar surface area (TPSA) is 45.8 Å². The fourth-order valence-corrected chi connectivity index (χ4v) is 3.18. The van der Waals surface area contributed by atoms with Crippen LogP contribution in [0.25, 0.3) is 10.9 Å². The van der Waals surface area contributed by atoms with Crippen LogP contribution in [0.1, 0.15) is 27.0 Å². The van der Waals surface area contributed by atoms with Crippen LogP contribution in [0.2, 0.25) is 0 Å². The summed E-state index contributed by atoms with van der Waals surface area (Å²) in [5.74, 6) is 0.0281. The molecule has 0 N–H and O–H groups in total. The van der Waals surface area contributed by atoms with Crippen LogP contribution >= 0.6 is 0 Å². The second kappa shape index (κ2) is 6.70. The SMILES string of the molecule is N#Cc1ccc(Cn2cc(C(=O)c3ccccc3)c3ccccc32)cc1. The van der Waals surface area contributed by atoms with E-state index in [9.17, 15) is 4.79 Å². The van der Waals surface area contributed by atoms with Gasteiger partial charge >= 0.3 is 0 Å². The van der Waals surface area contributed by atoms with Gasteiger partial charge < -0.3 is 4.57 Å². The van der Waals surface area contributed by atoms with Gasteiger partial charge in [-0.05, 0) is 23.8 Å². The number of nitrogens with zero attached hydrogens (tertiary/aromatic N) is 2. The van der Waals surface area contributed by atoms with E-state index < -0.39 is 0 Å². The van der Waals surface area contributed by atoms with E-state index in [2.05, 4.69) is 10.6 Å². The van der Waals surface area contributed by atoms with Crippen molar-refractivity contribution < 1.29 is 4.79 Å². The summed E-state index contributed by atoms with van der Waals surface area (Å²) in [6, 6.07) is 27.0. The summed E-state index contributed by atoms with van der Waals surface area (Å²) in [6.07, 6.45) is 1.93. The highest BCUT2D eigenvalue weighted by Crippen LogP contribution is 2.25.